The molecule has 0 radical (unpaired) electrons. The topological polar surface area (TPSA) is 25.2 Å². The van der Waals surface area contributed by atoms with E-state index in [1.165, 1.54) is 0 Å². The van der Waals surface area contributed by atoms with Crippen LogP contribution in [-0.2, 0) is 17.9 Å². The summed E-state index contributed by atoms with van der Waals surface area (Å²) in [5.41, 5.74) is 6.02. The van der Waals surface area contributed by atoms with Gasteiger partial charge in [-0.05, 0) is 55.3 Å². The molecule has 0 atom stereocenters. The molecule has 1 heterocycles. The summed E-state index contributed by atoms with van der Waals surface area (Å²) in [6.07, 6.45) is 0. The van der Waals surface area contributed by atoms with Gasteiger partial charge in [0.2, 0.25) is 5.91 Å². The Labute approximate surface area is 182 Å². The molecule has 0 fully saturated rings. The van der Waals surface area contributed by atoms with Gasteiger partial charge in [0.25, 0.3) is 0 Å². The van der Waals surface area contributed by atoms with Gasteiger partial charge in [0.1, 0.15) is 0 Å². The smallest absolute Gasteiger partial charge is 0.224 e. The highest BCUT2D eigenvalue weighted by Gasteiger charge is 2.19. The predicted molar refractivity (Wildman–Crippen MR) is 121 cm³/mol. The van der Waals surface area contributed by atoms with Crippen molar-refractivity contribution in [3.63, 3.8) is 0 Å². The number of aryl methyl sites for hydroxylation is 1. The van der Waals surface area contributed by atoms with Gasteiger partial charge in [0.15, 0.2) is 0 Å². The van der Waals surface area contributed by atoms with E-state index in [2.05, 4.69) is 31.1 Å². The van der Waals surface area contributed by atoms with Crippen molar-refractivity contribution in [3.8, 4) is 0 Å². The molecule has 2 aromatic carbocycles. The lowest BCUT2D eigenvalue weighted by atomic mass is 10.1. The van der Waals surface area contributed by atoms with Gasteiger partial charge in [0.05, 0.1) is 6.54 Å². The molecular weight excluding hydrogens is 403 g/mol. The normalized spacial score (nSPS) is 10.8. The fourth-order valence-electron chi connectivity index (χ4n) is 3.42. The maximum absolute atomic E-state index is 12.4. The summed E-state index contributed by atoms with van der Waals surface area (Å²) in [4.78, 5) is 14.1. The van der Waals surface area contributed by atoms with Gasteiger partial charge < -0.3 is 9.47 Å². The average Bonchev–Trinajstić information content (AvgIpc) is 2.96. The minimum absolute atomic E-state index is 0.0487. The molecular formula is C24H24Cl2N2O. The minimum atomic E-state index is -0.0487. The molecule has 0 aliphatic carbocycles. The number of hydrogen-bond acceptors (Lipinski definition) is 1. The van der Waals surface area contributed by atoms with Crippen LogP contribution in [0.3, 0.4) is 0 Å². The van der Waals surface area contributed by atoms with Crippen molar-refractivity contribution in [3.05, 3.63) is 99.3 Å². The molecule has 5 heteroatoms. The van der Waals surface area contributed by atoms with Crippen molar-refractivity contribution in [1.29, 1.82) is 0 Å². The lowest BCUT2D eigenvalue weighted by Crippen LogP contribution is -2.26. The van der Waals surface area contributed by atoms with E-state index in [1.807, 2.05) is 48.5 Å². The molecule has 0 aliphatic heterocycles. The summed E-state index contributed by atoms with van der Waals surface area (Å²) < 4.78 is 2.23. The van der Waals surface area contributed by atoms with Crippen LogP contribution in [0.4, 0.5) is 0 Å². The monoisotopic (exact) mass is 426 g/mol. The zero-order valence-electron chi connectivity index (χ0n) is 16.9. The van der Waals surface area contributed by atoms with Gasteiger partial charge in [-0.25, -0.2) is 0 Å². The van der Waals surface area contributed by atoms with Crippen LogP contribution in [0.15, 0.2) is 61.2 Å². The molecule has 1 aromatic heterocycles. The Kier molecular flexibility index (Phi) is 6.51. The Balaban J connectivity index is 1.87. The number of nitrogens with zero attached hydrogens (tertiary/aromatic N) is 2. The highest BCUT2D eigenvalue weighted by Crippen LogP contribution is 2.27. The van der Waals surface area contributed by atoms with Crippen LogP contribution < -0.4 is 0 Å². The number of carbonyl (C=O) groups excluding carboxylic acids is 1. The Morgan fingerprint density at radius 2 is 1.48 bits per heavy atom. The van der Waals surface area contributed by atoms with Crippen LogP contribution in [0.2, 0.25) is 10.0 Å². The quantitative estimate of drug-likeness (QED) is 0.442. The number of hydrogen-bond donors (Lipinski definition) is 0. The maximum atomic E-state index is 12.4. The molecule has 0 saturated heterocycles. The third-order valence-electron chi connectivity index (χ3n) is 5.10. The van der Waals surface area contributed by atoms with Gasteiger partial charge >= 0.3 is 0 Å². The number of rotatable bonds is 6. The van der Waals surface area contributed by atoms with Crippen molar-refractivity contribution in [2.24, 2.45) is 0 Å². The number of amides is 1. The Hall–Kier alpha value is -2.49. The van der Waals surface area contributed by atoms with Crippen molar-refractivity contribution in [1.82, 2.24) is 9.47 Å². The third-order valence-corrected chi connectivity index (χ3v) is 5.60. The first kappa shape index (κ1) is 21.2. The lowest BCUT2D eigenvalue weighted by molar-refractivity contribution is -0.126. The molecule has 3 nitrogen and oxygen atoms in total. The third kappa shape index (κ3) is 4.92. The fourth-order valence-corrected chi connectivity index (χ4v) is 3.68. The molecule has 0 bridgehead atoms. The zero-order chi connectivity index (χ0) is 21.1. The summed E-state index contributed by atoms with van der Waals surface area (Å²) >= 11 is 12.0. The zero-order valence-corrected chi connectivity index (χ0v) is 18.4. The first-order chi connectivity index (χ1) is 13.8. The van der Waals surface area contributed by atoms with E-state index in [1.54, 1.807) is 11.8 Å². The SMILES string of the molecule is C=C(c1cc(C)n(Cc2ccc(Cl)cc2)c1C)N(Cc1ccc(Cl)cc1)C(C)=O. The second kappa shape index (κ2) is 8.89. The number of carbonyl (C=O) groups is 1. The van der Waals surface area contributed by atoms with E-state index in [4.69, 9.17) is 23.2 Å². The van der Waals surface area contributed by atoms with Crippen molar-refractivity contribution in [2.75, 3.05) is 0 Å². The van der Waals surface area contributed by atoms with E-state index < -0.39 is 0 Å². The van der Waals surface area contributed by atoms with Gasteiger partial charge in [0, 0.05) is 46.2 Å². The summed E-state index contributed by atoms with van der Waals surface area (Å²) in [5.74, 6) is -0.0487. The number of benzene rings is 2. The molecule has 0 N–H and O–H groups in total. The van der Waals surface area contributed by atoms with Crippen LogP contribution in [0.5, 0.6) is 0 Å². The molecule has 3 rings (SSSR count). The predicted octanol–water partition coefficient (Wildman–Crippen LogP) is 6.48. The van der Waals surface area contributed by atoms with Gasteiger partial charge in [-0.2, -0.15) is 0 Å². The largest absolute Gasteiger partial charge is 0.344 e. The number of halogens is 2. The minimum Gasteiger partial charge on any atom is -0.344 e. The summed E-state index contributed by atoms with van der Waals surface area (Å²) in [6, 6.07) is 17.4. The summed E-state index contributed by atoms with van der Waals surface area (Å²) in [6.45, 7) is 11.1. The van der Waals surface area contributed by atoms with Crippen molar-refractivity contribution < 1.29 is 4.79 Å². The highest BCUT2D eigenvalue weighted by atomic mass is 35.5. The van der Waals surface area contributed by atoms with E-state index >= 15 is 0 Å². The van der Waals surface area contributed by atoms with E-state index in [0.29, 0.717) is 17.3 Å². The summed E-state index contributed by atoms with van der Waals surface area (Å²) in [5, 5.41) is 1.40. The van der Waals surface area contributed by atoms with Crippen LogP contribution >= 0.6 is 23.2 Å². The van der Waals surface area contributed by atoms with Crippen LogP contribution in [-0.4, -0.2) is 15.4 Å². The number of aromatic nitrogens is 1. The molecule has 29 heavy (non-hydrogen) atoms. The Bertz CT molecular complexity index is 1030. The maximum Gasteiger partial charge on any atom is 0.224 e. The average molecular weight is 427 g/mol. The van der Waals surface area contributed by atoms with Gasteiger partial charge in [-0.3, -0.25) is 4.79 Å². The van der Waals surface area contributed by atoms with Crippen LogP contribution in [0.25, 0.3) is 5.70 Å². The summed E-state index contributed by atoms with van der Waals surface area (Å²) in [7, 11) is 0. The van der Waals surface area contributed by atoms with Crippen LogP contribution in [0.1, 0.15) is 35.0 Å². The molecule has 0 saturated carbocycles. The Morgan fingerprint density at radius 3 is 2.00 bits per heavy atom. The molecule has 0 unspecified atom stereocenters. The van der Waals surface area contributed by atoms with Gasteiger partial charge in [-0.1, -0.05) is 54.0 Å². The standard InChI is InChI=1S/C24H24Cl2N2O/c1-16-13-24(17(2)27(16)14-20-5-9-22(25)10-6-20)18(3)28(19(4)29)15-21-7-11-23(26)12-8-21/h5-13H,3,14-15H2,1-2,4H3. The van der Waals surface area contributed by atoms with Gasteiger partial charge in [-0.15, -0.1) is 0 Å². The Morgan fingerprint density at radius 1 is 0.966 bits per heavy atom. The second-order valence-corrected chi connectivity index (χ2v) is 8.05. The highest BCUT2D eigenvalue weighted by molar-refractivity contribution is 6.30. The lowest BCUT2D eigenvalue weighted by Gasteiger charge is -2.24. The molecule has 150 valence electrons. The van der Waals surface area contributed by atoms with Crippen LogP contribution in [0, 0.1) is 13.8 Å². The van der Waals surface area contributed by atoms with E-state index in [-0.39, 0.29) is 5.91 Å². The molecule has 0 spiro atoms. The van der Waals surface area contributed by atoms with Crippen molar-refractivity contribution in [2.45, 2.75) is 33.9 Å². The second-order valence-electron chi connectivity index (χ2n) is 7.18. The fraction of sp³-hybridized carbons (Fsp3) is 0.208. The molecule has 1 amide bonds. The van der Waals surface area contributed by atoms with Crippen molar-refractivity contribution >= 4 is 34.8 Å². The molecule has 0 aliphatic rings. The first-order valence-electron chi connectivity index (χ1n) is 9.39. The van der Waals surface area contributed by atoms with E-state index in [9.17, 15) is 4.79 Å². The first-order valence-corrected chi connectivity index (χ1v) is 10.1. The van der Waals surface area contributed by atoms with E-state index in [0.717, 1.165) is 39.6 Å². The molecule has 3 aromatic rings.